The third kappa shape index (κ3) is 4.46. The van der Waals surface area contributed by atoms with Crippen molar-refractivity contribution in [3.8, 4) is 0 Å². The number of rotatable bonds is 6. The van der Waals surface area contributed by atoms with Crippen LogP contribution in [0.3, 0.4) is 0 Å². The summed E-state index contributed by atoms with van der Waals surface area (Å²) in [7, 11) is -3.59. The summed E-state index contributed by atoms with van der Waals surface area (Å²) in [6, 6.07) is 8.61. The lowest BCUT2D eigenvalue weighted by molar-refractivity contribution is 0.0730. The first-order valence-corrected chi connectivity index (χ1v) is 10.4. The number of aryl methyl sites for hydroxylation is 1. The van der Waals surface area contributed by atoms with Crippen LogP contribution in [0.2, 0.25) is 0 Å². The monoisotopic (exact) mass is 406 g/mol. The van der Waals surface area contributed by atoms with Crippen LogP contribution in [0.5, 0.6) is 0 Å². The molecule has 1 aromatic carbocycles. The van der Waals surface area contributed by atoms with E-state index in [1.807, 2.05) is 6.92 Å². The third-order valence-corrected chi connectivity index (χ3v) is 6.17. The molecule has 1 fully saturated rings. The molecule has 1 aliphatic heterocycles. The van der Waals surface area contributed by atoms with Crippen molar-refractivity contribution in [1.82, 2.24) is 14.1 Å². The van der Waals surface area contributed by atoms with E-state index < -0.39 is 15.9 Å². The van der Waals surface area contributed by atoms with Gasteiger partial charge in [0.05, 0.1) is 18.1 Å². The maximum Gasteiger partial charge on any atom is 0.276 e. The van der Waals surface area contributed by atoms with Crippen LogP contribution in [-0.4, -0.2) is 54.7 Å². The first kappa shape index (κ1) is 20.2. The molecule has 9 nitrogen and oxygen atoms in total. The molecule has 150 valence electrons. The predicted octanol–water partition coefficient (Wildman–Crippen LogP) is 0.926. The van der Waals surface area contributed by atoms with E-state index >= 15 is 0 Å². The van der Waals surface area contributed by atoms with Crippen molar-refractivity contribution in [2.24, 2.45) is 0 Å². The summed E-state index contributed by atoms with van der Waals surface area (Å²) in [6.07, 6.45) is 0.719. The van der Waals surface area contributed by atoms with Crippen molar-refractivity contribution in [2.75, 3.05) is 31.6 Å². The molecule has 0 atom stereocenters. The number of morpholine rings is 1. The SMILES string of the molecule is CCCn1nc(C(=O)Nc2ccc(S(=O)(=O)N3CCOCC3)cc2)ccc1=O. The Morgan fingerprint density at radius 2 is 1.82 bits per heavy atom. The highest BCUT2D eigenvalue weighted by Crippen LogP contribution is 2.19. The molecule has 2 aromatic rings. The number of amides is 1. The van der Waals surface area contributed by atoms with E-state index in [1.54, 1.807) is 0 Å². The van der Waals surface area contributed by atoms with Crippen molar-refractivity contribution in [2.45, 2.75) is 24.8 Å². The van der Waals surface area contributed by atoms with Gasteiger partial charge in [0.2, 0.25) is 10.0 Å². The molecule has 2 heterocycles. The molecular weight excluding hydrogens is 384 g/mol. The fraction of sp³-hybridized carbons (Fsp3) is 0.389. The average molecular weight is 406 g/mol. The zero-order chi connectivity index (χ0) is 20.1. The maximum atomic E-state index is 12.6. The van der Waals surface area contributed by atoms with E-state index in [9.17, 15) is 18.0 Å². The lowest BCUT2D eigenvalue weighted by atomic mass is 10.3. The largest absolute Gasteiger partial charge is 0.379 e. The Hall–Kier alpha value is -2.56. The summed E-state index contributed by atoms with van der Waals surface area (Å²) >= 11 is 0. The van der Waals surface area contributed by atoms with Crippen molar-refractivity contribution in [3.05, 3.63) is 52.4 Å². The minimum absolute atomic E-state index is 0.109. The fourth-order valence-corrected chi connectivity index (χ4v) is 4.19. The Morgan fingerprint density at radius 1 is 1.14 bits per heavy atom. The van der Waals surface area contributed by atoms with E-state index in [0.717, 1.165) is 6.42 Å². The van der Waals surface area contributed by atoms with E-state index in [-0.39, 0.29) is 16.1 Å². The van der Waals surface area contributed by atoms with Gasteiger partial charge in [-0.2, -0.15) is 9.40 Å². The minimum Gasteiger partial charge on any atom is -0.379 e. The molecule has 3 rings (SSSR count). The van der Waals surface area contributed by atoms with Crippen LogP contribution in [0.1, 0.15) is 23.8 Å². The van der Waals surface area contributed by atoms with Gasteiger partial charge in [0, 0.05) is 31.4 Å². The normalized spacial score (nSPS) is 15.3. The summed E-state index contributed by atoms with van der Waals surface area (Å²) in [5, 5.41) is 6.71. The highest BCUT2D eigenvalue weighted by molar-refractivity contribution is 7.89. The first-order chi connectivity index (χ1) is 13.4. The van der Waals surface area contributed by atoms with Gasteiger partial charge in [0.25, 0.3) is 11.5 Å². The fourth-order valence-electron chi connectivity index (χ4n) is 2.78. The van der Waals surface area contributed by atoms with Gasteiger partial charge >= 0.3 is 0 Å². The Morgan fingerprint density at radius 3 is 2.46 bits per heavy atom. The van der Waals surface area contributed by atoms with Gasteiger partial charge < -0.3 is 10.1 Å². The highest BCUT2D eigenvalue weighted by Gasteiger charge is 2.26. The number of hydrogen-bond donors (Lipinski definition) is 1. The molecule has 0 unspecified atom stereocenters. The second-order valence-electron chi connectivity index (χ2n) is 6.27. The molecule has 28 heavy (non-hydrogen) atoms. The summed E-state index contributed by atoms with van der Waals surface area (Å²) < 4.78 is 33.0. The van der Waals surface area contributed by atoms with Crippen LogP contribution < -0.4 is 10.9 Å². The Kier molecular flexibility index (Phi) is 6.22. The molecule has 0 bridgehead atoms. The van der Waals surface area contributed by atoms with Gasteiger partial charge in [0.15, 0.2) is 0 Å². The molecule has 1 aliphatic rings. The minimum atomic E-state index is -3.59. The topological polar surface area (TPSA) is 111 Å². The molecule has 10 heteroatoms. The van der Waals surface area contributed by atoms with Gasteiger partial charge in [-0.05, 0) is 36.8 Å². The Labute approximate surface area is 163 Å². The van der Waals surface area contributed by atoms with Crippen molar-refractivity contribution < 1.29 is 17.9 Å². The summed E-state index contributed by atoms with van der Waals surface area (Å²) in [5.41, 5.74) is 0.273. The van der Waals surface area contributed by atoms with Crippen molar-refractivity contribution in [3.63, 3.8) is 0 Å². The Bertz CT molecular complexity index is 995. The van der Waals surface area contributed by atoms with Crippen molar-refractivity contribution >= 4 is 21.6 Å². The second-order valence-corrected chi connectivity index (χ2v) is 8.21. The number of carbonyl (C=O) groups excluding carboxylic acids is 1. The second kappa shape index (κ2) is 8.63. The van der Waals surface area contributed by atoms with Crippen LogP contribution in [-0.2, 0) is 21.3 Å². The van der Waals surface area contributed by atoms with Crippen LogP contribution >= 0.6 is 0 Å². The molecule has 1 N–H and O–H groups in total. The standard InChI is InChI=1S/C18H22N4O5S/c1-2-9-22-17(23)8-7-16(20-22)18(24)19-14-3-5-15(6-4-14)28(25,26)21-10-12-27-13-11-21/h3-8H,2,9-13H2,1H3,(H,19,24). The third-order valence-electron chi connectivity index (χ3n) is 4.25. The molecule has 0 radical (unpaired) electrons. The first-order valence-electron chi connectivity index (χ1n) is 8.99. The molecule has 0 saturated carbocycles. The van der Waals surface area contributed by atoms with Gasteiger partial charge in [-0.1, -0.05) is 6.92 Å². The number of carbonyl (C=O) groups is 1. The van der Waals surface area contributed by atoms with Crippen LogP contribution in [0.4, 0.5) is 5.69 Å². The summed E-state index contributed by atoms with van der Waals surface area (Å²) in [5.74, 6) is -0.478. The quantitative estimate of drug-likeness (QED) is 0.764. The molecular formula is C18H22N4O5S. The lowest BCUT2D eigenvalue weighted by Crippen LogP contribution is -2.40. The summed E-state index contributed by atoms with van der Waals surface area (Å²) in [6.45, 7) is 3.72. The number of benzene rings is 1. The molecule has 1 amide bonds. The number of anilines is 1. The molecule has 1 aromatic heterocycles. The molecule has 0 spiro atoms. The average Bonchev–Trinajstić information content (AvgIpc) is 2.71. The number of sulfonamides is 1. The smallest absolute Gasteiger partial charge is 0.276 e. The lowest BCUT2D eigenvalue weighted by Gasteiger charge is -2.26. The number of hydrogen-bond acceptors (Lipinski definition) is 6. The zero-order valence-corrected chi connectivity index (χ0v) is 16.3. The van der Waals surface area contributed by atoms with E-state index in [4.69, 9.17) is 4.74 Å². The van der Waals surface area contributed by atoms with Gasteiger partial charge in [0.1, 0.15) is 5.69 Å². The van der Waals surface area contributed by atoms with Gasteiger partial charge in [-0.3, -0.25) is 9.59 Å². The van der Waals surface area contributed by atoms with Gasteiger partial charge in [-0.25, -0.2) is 13.1 Å². The summed E-state index contributed by atoms with van der Waals surface area (Å²) in [4.78, 5) is 24.2. The zero-order valence-electron chi connectivity index (χ0n) is 15.5. The number of nitrogens with zero attached hydrogens (tertiary/aromatic N) is 3. The van der Waals surface area contributed by atoms with Crippen LogP contribution in [0, 0.1) is 0 Å². The predicted molar refractivity (Wildman–Crippen MR) is 103 cm³/mol. The van der Waals surface area contributed by atoms with E-state index in [0.29, 0.717) is 38.5 Å². The van der Waals surface area contributed by atoms with Gasteiger partial charge in [-0.15, -0.1) is 0 Å². The van der Waals surface area contributed by atoms with Crippen LogP contribution in [0.25, 0.3) is 0 Å². The van der Waals surface area contributed by atoms with Crippen molar-refractivity contribution in [1.29, 1.82) is 0 Å². The van der Waals surface area contributed by atoms with Crippen LogP contribution in [0.15, 0.2) is 46.1 Å². The number of ether oxygens (including phenoxy) is 1. The highest BCUT2D eigenvalue weighted by atomic mass is 32.2. The number of aromatic nitrogens is 2. The molecule has 1 saturated heterocycles. The maximum absolute atomic E-state index is 12.6. The number of nitrogens with one attached hydrogen (secondary N) is 1. The molecule has 0 aliphatic carbocycles. The van der Waals surface area contributed by atoms with E-state index in [2.05, 4.69) is 10.4 Å². The Balaban J connectivity index is 1.73. The van der Waals surface area contributed by atoms with E-state index in [1.165, 1.54) is 45.4 Å².